The van der Waals surface area contributed by atoms with E-state index in [4.69, 9.17) is 13.9 Å². The molecule has 3 heterocycles. The predicted molar refractivity (Wildman–Crippen MR) is 137 cm³/mol. The fraction of sp³-hybridized carbons (Fsp3) is 0.310. The van der Waals surface area contributed by atoms with Crippen molar-refractivity contribution in [2.24, 2.45) is 0 Å². The normalized spacial score (nSPS) is 18.0. The van der Waals surface area contributed by atoms with E-state index in [9.17, 15) is 9.59 Å². The maximum absolute atomic E-state index is 14.1. The summed E-state index contributed by atoms with van der Waals surface area (Å²) in [6.45, 7) is 0.158. The van der Waals surface area contributed by atoms with Crippen molar-refractivity contribution in [2.75, 3.05) is 6.61 Å². The highest BCUT2D eigenvalue weighted by atomic mass is 16.6. The number of benzene rings is 2. The maximum Gasteiger partial charge on any atom is 0.268 e. The number of carbonyl (C=O) groups excluding carboxylic acids is 2. The van der Waals surface area contributed by atoms with Crippen molar-refractivity contribution in [2.45, 2.75) is 50.4 Å². The van der Waals surface area contributed by atoms with Crippen LogP contribution in [0.5, 0.6) is 11.5 Å². The summed E-state index contributed by atoms with van der Waals surface area (Å²) in [5.41, 5.74) is 1.62. The Morgan fingerprint density at radius 1 is 1.00 bits per heavy atom. The average molecular weight is 500 g/mol. The molecule has 1 saturated carbocycles. The summed E-state index contributed by atoms with van der Waals surface area (Å²) in [4.78, 5) is 32.9. The Labute approximate surface area is 214 Å². The van der Waals surface area contributed by atoms with E-state index >= 15 is 0 Å². The number of hydrogen-bond donors (Lipinski definition) is 2. The van der Waals surface area contributed by atoms with E-state index < -0.39 is 12.1 Å². The Kier molecular flexibility index (Phi) is 6.30. The van der Waals surface area contributed by atoms with Crippen molar-refractivity contribution >= 4 is 22.7 Å². The maximum atomic E-state index is 14.1. The number of aromatic amines is 1. The number of amides is 2. The molecule has 1 aliphatic heterocycles. The summed E-state index contributed by atoms with van der Waals surface area (Å²) in [7, 11) is 0. The molecular formula is C29H29N3O5. The highest BCUT2D eigenvalue weighted by Gasteiger charge is 2.40. The van der Waals surface area contributed by atoms with Crippen LogP contribution < -0.4 is 14.8 Å². The number of para-hydroxylation sites is 3. The van der Waals surface area contributed by atoms with E-state index in [-0.39, 0.29) is 31.0 Å². The molecule has 4 aromatic rings. The minimum atomic E-state index is -0.906. The zero-order valence-corrected chi connectivity index (χ0v) is 20.4. The van der Waals surface area contributed by atoms with Crippen LogP contribution in [0, 0.1) is 0 Å². The molecule has 8 heteroatoms. The second kappa shape index (κ2) is 10.0. The van der Waals surface area contributed by atoms with Crippen LogP contribution >= 0.6 is 0 Å². The quantitative estimate of drug-likeness (QED) is 0.383. The van der Waals surface area contributed by atoms with Gasteiger partial charge in [0.2, 0.25) is 12.0 Å². The minimum Gasteiger partial charge on any atom is -0.485 e. The predicted octanol–water partition coefficient (Wildman–Crippen LogP) is 4.73. The van der Waals surface area contributed by atoms with Gasteiger partial charge in [0.05, 0.1) is 12.8 Å². The number of nitrogens with zero attached hydrogens (tertiary/aromatic N) is 1. The van der Waals surface area contributed by atoms with Gasteiger partial charge in [0.1, 0.15) is 18.4 Å². The lowest BCUT2D eigenvalue weighted by Crippen LogP contribution is -2.51. The Bertz CT molecular complexity index is 1390. The van der Waals surface area contributed by atoms with Gasteiger partial charge in [0.25, 0.3) is 5.91 Å². The van der Waals surface area contributed by atoms with Crippen molar-refractivity contribution in [1.82, 2.24) is 15.2 Å². The molecule has 0 bridgehead atoms. The summed E-state index contributed by atoms with van der Waals surface area (Å²) < 4.78 is 17.5. The molecule has 0 spiro atoms. The molecule has 2 atom stereocenters. The largest absolute Gasteiger partial charge is 0.485 e. The number of nitrogens with one attached hydrogen (secondary N) is 2. The lowest BCUT2D eigenvalue weighted by Gasteiger charge is -2.35. The molecule has 2 amide bonds. The first-order chi connectivity index (χ1) is 18.2. The van der Waals surface area contributed by atoms with Crippen LogP contribution in [0.1, 0.15) is 43.0 Å². The van der Waals surface area contributed by atoms with Gasteiger partial charge >= 0.3 is 0 Å². The minimum absolute atomic E-state index is 0.0509. The molecule has 1 aliphatic carbocycles. The number of H-pyrrole nitrogens is 1. The topological polar surface area (TPSA) is 96.8 Å². The van der Waals surface area contributed by atoms with Crippen molar-refractivity contribution in [3.63, 3.8) is 0 Å². The van der Waals surface area contributed by atoms with E-state index in [1.165, 1.54) is 0 Å². The fourth-order valence-electron chi connectivity index (χ4n) is 5.31. The molecule has 2 aromatic carbocycles. The third-order valence-corrected chi connectivity index (χ3v) is 7.15. The lowest BCUT2D eigenvalue weighted by atomic mass is 10.0. The molecule has 0 saturated heterocycles. The zero-order chi connectivity index (χ0) is 25.2. The summed E-state index contributed by atoms with van der Waals surface area (Å²) >= 11 is 0. The van der Waals surface area contributed by atoms with E-state index in [0.717, 1.165) is 42.1 Å². The molecule has 190 valence electrons. The van der Waals surface area contributed by atoms with Gasteiger partial charge in [-0.05, 0) is 43.2 Å². The summed E-state index contributed by atoms with van der Waals surface area (Å²) in [6.07, 6.45) is 6.53. The van der Waals surface area contributed by atoms with Crippen molar-refractivity contribution in [3.8, 4) is 11.5 Å². The van der Waals surface area contributed by atoms with Crippen molar-refractivity contribution < 1.29 is 23.5 Å². The summed E-state index contributed by atoms with van der Waals surface area (Å²) in [5.74, 6) is 1.11. The van der Waals surface area contributed by atoms with E-state index in [1.807, 2.05) is 42.6 Å². The van der Waals surface area contributed by atoms with Crippen molar-refractivity contribution in [3.05, 3.63) is 84.4 Å². The van der Waals surface area contributed by atoms with Gasteiger partial charge in [-0.1, -0.05) is 43.2 Å². The average Bonchev–Trinajstić information content (AvgIpc) is 3.71. The van der Waals surface area contributed by atoms with Gasteiger partial charge in [-0.15, -0.1) is 0 Å². The monoisotopic (exact) mass is 499 g/mol. The lowest BCUT2D eigenvalue weighted by molar-refractivity contribution is -0.149. The smallest absolute Gasteiger partial charge is 0.268 e. The van der Waals surface area contributed by atoms with E-state index in [1.54, 1.807) is 35.4 Å². The second-order valence-corrected chi connectivity index (χ2v) is 9.59. The third-order valence-electron chi connectivity index (χ3n) is 7.15. The van der Waals surface area contributed by atoms with Crippen LogP contribution in [-0.2, 0) is 16.1 Å². The van der Waals surface area contributed by atoms with Crippen LogP contribution in [0.15, 0.2) is 77.5 Å². The number of fused-ring (bicyclic) bond motifs is 2. The molecule has 2 aliphatic rings. The van der Waals surface area contributed by atoms with Gasteiger partial charge in [-0.25, -0.2) is 0 Å². The Balaban J connectivity index is 1.39. The van der Waals surface area contributed by atoms with Crippen molar-refractivity contribution in [1.29, 1.82) is 0 Å². The molecule has 8 nitrogen and oxygen atoms in total. The highest BCUT2D eigenvalue weighted by molar-refractivity contribution is 5.95. The van der Waals surface area contributed by atoms with Gasteiger partial charge in [-0.3, -0.25) is 9.59 Å². The number of rotatable bonds is 7. The standard InChI is InChI=1S/C29H29N3O5/c33-28(31-19-8-1-2-9-19)27(22-16-30-23-12-4-3-11-21(22)23)32(17-20-10-7-15-35-20)29(34)26-18-36-24-13-5-6-14-25(24)37-26/h3-7,10-16,19,26-27,30H,1-2,8-9,17-18H2,(H,31,33)/t26-,27-/m1/s1. The first-order valence-corrected chi connectivity index (χ1v) is 12.7. The van der Waals surface area contributed by atoms with Gasteiger partial charge in [-0.2, -0.15) is 0 Å². The molecule has 37 heavy (non-hydrogen) atoms. The van der Waals surface area contributed by atoms with Crippen LogP contribution in [-0.4, -0.2) is 40.5 Å². The van der Waals surface area contributed by atoms with E-state index in [0.29, 0.717) is 17.3 Å². The van der Waals surface area contributed by atoms with Crippen LogP contribution in [0.4, 0.5) is 0 Å². The molecule has 1 fully saturated rings. The highest BCUT2D eigenvalue weighted by Crippen LogP contribution is 2.35. The molecule has 2 N–H and O–H groups in total. The number of furan rings is 1. The summed E-state index contributed by atoms with van der Waals surface area (Å²) in [6, 6.07) is 17.8. The molecular weight excluding hydrogens is 470 g/mol. The second-order valence-electron chi connectivity index (χ2n) is 9.59. The SMILES string of the molecule is O=C(NC1CCCC1)[C@@H](c1c[nH]c2ccccc12)N(Cc1ccco1)C(=O)[C@H]1COc2ccccc2O1. The number of aromatic nitrogens is 1. The first kappa shape index (κ1) is 23.2. The third kappa shape index (κ3) is 4.67. The van der Waals surface area contributed by atoms with Gasteiger partial charge in [0, 0.05) is 28.7 Å². The number of carbonyl (C=O) groups is 2. The Morgan fingerprint density at radius 3 is 2.59 bits per heavy atom. The van der Waals surface area contributed by atoms with Gasteiger partial charge in [0.15, 0.2) is 11.5 Å². The molecule has 6 rings (SSSR count). The number of ether oxygens (including phenoxy) is 2. The van der Waals surface area contributed by atoms with Crippen LogP contribution in [0.2, 0.25) is 0 Å². The van der Waals surface area contributed by atoms with Crippen LogP contribution in [0.25, 0.3) is 10.9 Å². The summed E-state index contributed by atoms with van der Waals surface area (Å²) in [5, 5.41) is 4.10. The van der Waals surface area contributed by atoms with Crippen LogP contribution in [0.3, 0.4) is 0 Å². The molecule has 0 radical (unpaired) electrons. The zero-order valence-electron chi connectivity index (χ0n) is 20.4. The number of hydrogen-bond acceptors (Lipinski definition) is 5. The molecule has 2 aromatic heterocycles. The fourth-order valence-corrected chi connectivity index (χ4v) is 5.31. The Hall–Kier alpha value is -4.20. The molecule has 0 unspecified atom stereocenters. The van der Waals surface area contributed by atoms with E-state index in [2.05, 4.69) is 10.3 Å². The Morgan fingerprint density at radius 2 is 1.78 bits per heavy atom. The van der Waals surface area contributed by atoms with Gasteiger partial charge < -0.3 is 29.1 Å². The first-order valence-electron chi connectivity index (χ1n) is 12.7.